The van der Waals surface area contributed by atoms with E-state index in [1.807, 2.05) is 0 Å². The summed E-state index contributed by atoms with van der Waals surface area (Å²) in [6, 6.07) is 4.97. The summed E-state index contributed by atoms with van der Waals surface area (Å²) in [5.74, 6) is -0.162. The van der Waals surface area contributed by atoms with Crippen molar-refractivity contribution in [2.75, 3.05) is 17.6 Å². The summed E-state index contributed by atoms with van der Waals surface area (Å²) in [6.07, 6.45) is 0. The van der Waals surface area contributed by atoms with Gasteiger partial charge in [-0.05, 0) is 30.4 Å². The van der Waals surface area contributed by atoms with E-state index in [9.17, 15) is 4.79 Å². The first-order chi connectivity index (χ1) is 8.97. The van der Waals surface area contributed by atoms with Crippen LogP contribution in [-0.2, 0) is 4.79 Å². The zero-order chi connectivity index (χ0) is 14.0. The molecule has 0 spiro atoms. The van der Waals surface area contributed by atoms with Gasteiger partial charge in [-0.3, -0.25) is 0 Å². The molecule has 1 unspecified atom stereocenters. The summed E-state index contributed by atoms with van der Waals surface area (Å²) in [4.78, 5) is 12.7. The predicted molar refractivity (Wildman–Crippen MR) is 83.3 cm³/mol. The van der Waals surface area contributed by atoms with E-state index >= 15 is 0 Å². The summed E-state index contributed by atoms with van der Waals surface area (Å²) >= 11 is 18.4. The minimum absolute atomic E-state index is 0.357. The Hall–Kier alpha value is -0.690. The van der Waals surface area contributed by atoms with E-state index < -0.39 is 11.3 Å². The quantitative estimate of drug-likeness (QED) is 0.809. The van der Waals surface area contributed by atoms with E-state index in [-0.39, 0.29) is 0 Å². The first-order valence-electron chi connectivity index (χ1n) is 5.35. The number of thioether (sulfide) groups is 1. The highest BCUT2D eigenvalue weighted by molar-refractivity contribution is 8.00. The molecule has 1 atom stereocenters. The molecule has 19 heavy (non-hydrogen) atoms. The third-order valence-electron chi connectivity index (χ3n) is 2.48. The van der Waals surface area contributed by atoms with Crippen LogP contribution < -0.4 is 5.32 Å². The predicted octanol–water partition coefficient (Wildman–Crippen LogP) is 3.15. The number of halogens is 2. The third kappa shape index (κ3) is 3.66. The molecule has 0 bridgehead atoms. The van der Waals surface area contributed by atoms with Crippen LogP contribution >= 0.6 is 47.2 Å². The van der Waals surface area contributed by atoms with Crippen LogP contribution in [0.15, 0.2) is 18.2 Å². The van der Waals surface area contributed by atoms with Crippen LogP contribution in [0.4, 0.5) is 5.69 Å². The molecule has 0 aliphatic carbocycles. The second kappa shape index (κ2) is 6.17. The smallest absolute Gasteiger partial charge is 0.337 e. The zero-order valence-electron chi connectivity index (χ0n) is 9.60. The number of anilines is 1. The molecule has 1 heterocycles. The van der Waals surface area contributed by atoms with E-state index in [2.05, 4.69) is 5.32 Å². The van der Waals surface area contributed by atoms with Crippen molar-refractivity contribution in [2.45, 2.75) is 5.37 Å². The normalized spacial score (nSPS) is 18.4. The van der Waals surface area contributed by atoms with Crippen LogP contribution in [0, 0.1) is 0 Å². The lowest BCUT2D eigenvalue weighted by Gasteiger charge is -2.24. The molecule has 8 heteroatoms. The summed E-state index contributed by atoms with van der Waals surface area (Å²) in [7, 11) is 0. The molecule has 1 aliphatic heterocycles. The number of carbonyl (C=O) groups is 1. The van der Waals surface area contributed by atoms with Crippen molar-refractivity contribution >= 4 is 64.0 Å². The molecule has 1 fully saturated rings. The maximum atomic E-state index is 11.1. The fourth-order valence-electron chi connectivity index (χ4n) is 1.70. The molecule has 102 valence electrons. The zero-order valence-corrected chi connectivity index (χ0v) is 12.7. The Morgan fingerprint density at radius 2 is 2.05 bits per heavy atom. The van der Waals surface area contributed by atoms with Crippen LogP contribution in [0.5, 0.6) is 0 Å². The fraction of sp³-hybridized carbons (Fsp3) is 0.273. The molecular formula is C11H10Cl2N2O2S2. The topological polar surface area (TPSA) is 52.6 Å². The summed E-state index contributed by atoms with van der Waals surface area (Å²) in [5, 5.41) is 12.7. The lowest BCUT2D eigenvalue weighted by Crippen LogP contribution is -2.41. The van der Waals surface area contributed by atoms with Crippen molar-refractivity contribution in [1.82, 2.24) is 4.90 Å². The molecule has 1 saturated heterocycles. The average Bonchev–Trinajstić information content (AvgIpc) is 2.75. The third-order valence-corrected chi connectivity index (χ3v) is 4.44. The Balaban J connectivity index is 2.10. The van der Waals surface area contributed by atoms with Gasteiger partial charge in [-0.2, -0.15) is 0 Å². The van der Waals surface area contributed by atoms with Gasteiger partial charge in [0, 0.05) is 28.0 Å². The average molecular weight is 337 g/mol. The Bertz CT molecular complexity index is 507. The van der Waals surface area contributed by atoms with Crippen molar-refractivity contribution in [1.29, 1.82) is 0 Å². The van der Waals surface area contributed by atoms with Gasteiger partial charge in [0.05, 0.1) is 0 Å². The van der Waals surface area contributed by atoms with Gasteiger partial charge in [0.15, 0.2) is 10.5 Å². The largest absolute Gasteiger partial charge is 0.479 e. The Morgan fingerprint density at radius 3 is 2.63 bits per heavy atom. The van der Waals surface area contributed by atoms with Crippen molar-refractivity contribution in [2.24, 2.45) is 0 Å². The standard InChI is InChI=1S/C11H10Cl2N2O2S2/c12-6-3-7(13)5-8(4-6)14-11(18)15-1-2-19-9(15)10(16)17/h3-5,9H,1-2H2,(H,14,18)(H,16,17). The minimum Gasteiger partial charge on any atom is -0.479 e. The molecule has 0 aromatic heterocycles. The van der Waals surface area contributed by atoms with E-state index in [0.29, 0.717) is 27.4 Å². The molecule has 2 N–H and O–H groups in total. The maximum absolute atomic E-state index is 11.1. The van der Waals surface area contributed by atoms with Crippen molar-refractivity contribution in [3.05, 3.63) is 28.2 Å². The van der Waals surface area contributed by atoms with Crippen LogP contribution in [0.2, 0.25) is 10.0 Å². The fourth-order valence-corrected chi connectivity index (χ4v) is 3.67. The van der Waals surface area contributed by atoms with E-state index in [4.69, 9.17) is 40.5 Å². The van der Waals surface area contributed by atoms with E-state index in [1.54, 1.807) is 23.1 Å². The SMILES string of the molecule is O=C(O)C1SCCN1C(=S)Nc1cc(Cl)cc(Cl)c1. The Morgan fingerprint density at radius 1 is 1.42 bits per heavy atom. The number of carboxylic acid groups (broad SMARTS) is 1. The van der Waals surface area contributed by atoms with Gasteiger partial charge in [0.2, 0.25) is 0 Å². The molecule has 0 radical (unpaired) electrons. The lowest BCUT2D eigenvalue weighted by molar-refractivity contribution is -0.138. The number of nitrogens with zero attached hydrogens (tertiary/aromatic N) is 1. The van der Waals surface area contributed by atoms with Crippen LogP contribution in [0.3, 0.4) is 0 Å². The highest BCUT2D eigenvalue weighted by Gasteiger charge is 2.32. The van der Waals surface area contributed by atoms with Gasteiger partial charge >= 0.3 is 5.97 Å². The van der Waals surface area contributed by atoms with Gasteiger partial charge in [0.25, 0.3) is 0 Å². The number of rotatable bonds is 2. The molecule has 4 nitrogen and oxygen atoms in total. The number of carboxylic acids is 1. The number of aliphatic carboxylic acids is 1. The van der Waals surface area contributed by atoms with Crippen LogP contribution in [0.1, 0.15) is 0 Å². The first-order valence-corrected chi connectivity index (χ1v) is 7.57. The summed E-state index contributed by atoms with van der Waals surface area (Å²) in [5.41, 5.74) is 0.642. The number of nitrogens with one attached hydrogen (secondary N) is 1. The van der Waals surface area contributed by atoms with Gasteiger partial charge in [-0.25, -0.2) is 4.79 Å². The van der Waals surface area contributed by atoms with Crippen molar-refractivity contribution in [3.8, 4) is 0 Å². The first kappa shape index (κ1) is 14.7. The van der Waals surface area contributed by atoms with Crippen LogP contribution in [-0.4, -0.2) is 38.8 Å². The van der Waals surface area contributed by atoms with Gasteiger partial charge in [-0.15, -0.1) is 11.8 Å². The molecule has 0 amide bonds. The van der Waals surface area contributed by atoms with Crippen molar-refractivity contribution in [3.63, 3.8) is 0 Å². The van der Waals surface area contributed by atoms with E-state index in [1.165, 1.54) is 11.8 Å². The highest BCUT2D eigenvalue weighted by Crippen LogP contribution is 2.26. The van der Waals surface area contributed by atoms with Gasteiger partial charge in [-0.1, -0.05) is 23.2 Å². The summed E-state index contributed by atoms with van der Waals surface area (Å²) < 4.78 is 0. The van der Waals surface area contributed by atoms with E-state index in [0.717, 1.165) is 5.75 Å². The Labute approximate surface area is 130 Å². The molecule has 1 aliphatic rings. The van der Waals surface area contributed by atoms with Crippen LogP contribution in [0.25, 0.3) is 0 Å². The van der Waals surface area contributed by atoms with Gasteiger partial charge < -0.3 is 15.3 Å². The number of thiocarbonyl (C=S) groups is 1. The second-order valence-electron chi connectivity index (χ2n) is 3.84. The monoisotopic (exact) mass is 336 g/mol. The number of hydrogen-bond donors (Lipinski definition) is 2. The Kier molecular flexibility index (Phi) is 4.78. The number of benzene rings is 1. The van der Waals surface area contributed by atoms with Crippen molar-refractivity contribution < 1.29 is 9.90 Å². The summed E-state index contributed by atoms with van der Waals surface area (Å²) in [6.45, 7) is 0.599. The lowest BCUT2D eigenvalue weighted by atomic mass is 10.3. The maximum Gasteiger partial charge on any atom is 0.337 e. The second-order valence-corrected chi connectivity index (χ2v) is 6.29. The molecule has 1 aromatic rings. The molecule has 2 rings (SSSR count). The number of hydrogen-bond acceptors (Lipinski definition) is 3. The van der Waals surface area contributed by atoms with Gasteiger partial charge in [0.1, 0.15) is 0 Å². The highest BCUT2D eigenvalue weighted by atomic mass is 35.5. The molecular weight excluding hydrogens is 327 g/mol. The minimum atomic E-state index is -0.893. The molecule has 0 saturated carbocycles. The molecule has 1 aromatic carbocycles.